The van der Waals surface area contributed by atoms with E-state index in [4.69, 9.17) is 0 Å². The number of fused-ring (bicyclic) bond motifs is 1. The van der Waals surface area contributed by atoms with Gasteiger partial charge in [-0.05, 0) is 29.9 Å². The number of halogens is 3. The Balaban J connectivity index is 1.43. The lowest BCUT2D eigenvalue weighted by Gasteiger charge is -2.27. The molecule has 3 heterocycles. The van der Waals surface area contributed by atoms with Gasteiger partial charge in [-0.15, -0.1) is 11.3 Å². The molecule has 2 N–H and O–H groups in total. The van der Waals surface area contributed by atoms with Crippen LogP contribution >= 0.6 is 11.3 Å². The van der Waals surface area contributed by atoms with Crippen LogP contribution in [0.5, 0.6) is 0 Å². The van der Waals surface area contributed by atoms with Gasteiger partial charge in [-0.2, -0.15) is 13.2 Å². The van der Waals surface area contributed by atoms with Gasteiger partial charge >= 0.3 is 6.18 Å². The molecule has 3 rings (SSSR count). The predicted molar refractivity (Wildman–Crippen MR) is 98.8 cm³/mol. The van der Waals surface area contributed by atoms with Crippen molar-refractivity contribution in [3.05, 3.63) is 21.9 Å². The van der Waals surface area contributed by atoms with Crippen molar-refractivity contribution in [3.8, 4) is 0 Å². The van der Waals surface area contributed by atoms with Crippen molar-refractivity contribution in [1.29, 1.82) is 0 Å². The molecule has 1 aromatic rings. The number of likely N-dealkylation sites (tertiary alicyclic amines) is 1. The zero-order valence-corrected chi connectivity index (χ0v) is 16.0. The number of rotatable bonds is 4. The molecule has 10 heteroatoms. The van der Waals surface area contributed by atoms with E-state index in [1.54, 1.807) is 18.4 Å². The average molecular weight is 403 g/mol. The first-order valence-corrected chi connectivity index (χ1v) is 9.81. The van der Waals surface area contributed by atoms with Crippen molar-refractivity contribution < 1.29 is 18.0 Å². The molecule has 1 unspecified atom stereocenters. The molecule has 0 spiro atoms. The Morgan fingerprint density at radius 1 is 1.41 bits per heavy atom. The van der Waals surface area contributed by atoms with Gasteiger partial charge in [-0.25, -0.2) is 0 Å². The zero-order chi connectivity index (χ0) is 19.4. The van der Waals surface area contributed by atoms with Gasteiger partial charge in [-0.3, -0.25) is 14.7 Å². The lowest BCUT2D eigenvalue weighted by atomic mass is 10.1. The van der Waals surface area contributed by atoms with Gasteiger partial charge in [-0.1, -0.05) is 0 Å². The van der Waals surface area contributed by atoms with Crippen molar-refractivity contribution in [3.63, 3.8) is 0 Å². The summed E-state index contributed by atoms with van der Waals surface area (Å²) in [6.07, 6.45) is -2.70. The van der Waals surface area contributed by atoms with Crippen LogP contribution in [0.1, 0.15) is 16.9 Å². The quantitative estimate of drug-likeness (QED) is 0.590. The Labute approximate surface area is 160 Å². The number of amides is 1. The molecule has 0 saturated carbocycles. The Hall–Kier alpha value is -1.81. The van der Waals surface area contributed by atoms with Crippen LogP contribution in [-0.2, 0) is 17.8 Å². The molecule has 1 saturated heterocycles. The third kappa shape index (κ3) is 5.58. The molecule has 1 atom stereocenters. The molecule has 1 aromatic heterocycles. The first-order valence-electron chi connectivity index (χ1n) is 8.93. The second-order valence-corrected chi connectivity index (χ2v) is 7.84. The molecule has 1 fully saturated rings. The zero-order valence-electron chi connectivity index (χ0n) is 15.2. The maximum absolute atomic E-state index is 12.5. The topological polar surface area (TPSA) is 60.0 Å². The lowest BCUT2D eigenvalue weighted by Crippen LogP contribution is -2.49. The van der Waals surface area contributed by atoms with Gasteiger partial charge in [0.05, 0.1) is 13.1 Å². The fraction of sp³-hybridized carbons (Fsp3) is 0.647. The van der Waals surface area contributed by atoms with E-state index in [1.165, 1.54) is 15.3 Å². The maximum Gasteiger partial charge on any atom is 0.401 e. The smallest absolute Gasteiger partial charge is 0.352 e. The second kappa shape index (κ2) is 8.47. The Morgan fingerprint density at radius 2 is 2.22 bits per heavy atom. The third-order valence-electron chi connectivity index (χ3n) is 4.81. The van der Waals surface area contributed by atoms with Crippen LogP contribution in [-0.4, -0.2) is 73.7 Å². The molecule has 0 aliphatic carbocycles. The van der Waals surface area contributed by atoms with Crippen molar-refractivity contribution in [1.82, 2.24) is 20.4 Å². The molecule has 0 aromatic carbocycles. The van der Waals surface area contributed by atoms with Crippen LogP contribution in [0.2, 0.25) is 0 Å². The summed E-state index contributed by atoms with van der Waals surface area (Å²) in [6, 6.07) is 1.94. The number of thiophene rings is 1. The Kier molecular flexibility index (Phi) is 6.25. The van der Waals surface area contributed by atoms with Crippen LogP contribution in [0.3, 0.4) is 0 Å². The number of alkyl halides is 3. The van der Waals surface area contributed by atoms with Crippen molar-refractivity contribution >= 4 is 23.2 Å². The van der Waals surface area contributed by atoms with Crippen LogP contribution in [0.25, 0.3) is 0 Å². The monoisotopic (exact) mass is 403 g/mol. The largest absolute Gasteiger partial charge is 0.401 e. The van der Waals surface area contributed by atoms with Crippen LogP contribution < -0.4 is 10.6 Å². The minimum Gasteiger partial charge on any atom is -0.352 e. The summed E-state index contributed by atoms with van der Waals surface area (Å²) >= 11 is 1.73. The van der Waals surface area contributed by atoms with Crippen molar-refractivity contribution in [2.24, 2.45) is 4.99 Å². The Morgan fingerprint density at radius 3 is 2.96 bits per heavy atom. The highest BCUT2D eigenvalue weighted by molar-refractivity contribution is 7.10. The molecule has 2 aliphatic rings. The summed E-state index contributed by atoms with van der Waals surface area (Å²) in [4.78, 5) is 21.1. The number of carbonyl (C=O) groups is 1. The van der Waals surface area contributed by atoms with E-state index in [1.807, 2.05) is 10.3 Å². The van der Waals surface area contributed by atoms with Gasteiger partial charge in [0.1, 0.15) is 0 Å². The first-order chi connectivity index (χ1) is 12.8. The maximum atomic E-state index is 12.5. The molecule has 6 nitrogen and oxygen atoms in total. The fourth-order valence-electron chi connectivity index (χ4n) is 3.47. The SMILES string of the molecule is CN=C(NCC(=O)N1CCc2sccc2C1)NC1CCN(CC(F)(F)F)C1. The minimum absolute atomic E-state index is 0.0140. The van der Waals surface area contributed by atoms with Gasteiger partial charge in [0.15, 0.2) is 5.96 Å². The average Bonchev–Trinajstić information content (AvgIpc) is 3.25. The molecule has 27 heavy (non-hydrogen) atoms. The van der Waals surface area contributed by atoms with E-state index in [2.05, 4.69) is 21.7 Å². The van der Waals surface area contributed by atoms with E-state index < -0.39 is 12.7 Å². The van der Waals surface area contributed by atoms with Gasteiger partial charge in [0.2, 0.25) is 5.91 Å². The number of nitrogens with one attached hydrogen (secondary N) is 2. The highest BCUT2D eigenvalue weighted by Gasteiger charge is 2.34. The van der Waals surface area contributed by atoms with E-state index in [9.17, 15) is 18.0 Å². The summed E-state index contributed by atoms with van der Waals surface area (Å²) in [7, 11) is 1.58. The highest BCUT2D eigenvalue weighted by atomic mass is 32.1. The normalized spacial score (nSPS) is 21.3. The highest BCUT2D eigenvalue weighted by Crippen LogP contribution is 2.24. The standard InChI is InChI=1S/C17H24F3N5OS/c1-21-16(23-13-2-5-24(10-13)11-17(18,19)20)22-8-15(26)25-6-3-14-12(9-25)4-7-27-14/h4,7,13H,2-3,5-6,8-11H2,1H3,(H2,21,22,23). The molecular formula is C17H24F3N5OS. The van der Waals surface area contributed by atoms with Crippen molar-refractivity contribution in [2.45, 2.75) is 31.6 Å². The summed E-state index contributed by atoms with van der Waals surface area (Å²) < 4.78 is 37.4. The van der Waals surface area contributed by atoms with Gasteiger partial charge < -0.3 is 15.5 Å². The molecular weight excluding hydrogens is 379 g/mol. The van der Waals surface area contributed by atoms with Gasteiger partial charge in [0, 0.05) is 44.1 Å². The second-order valence-electron chi connectivity index (χ2n) is 6.84. The van der Waals surface area contributed by atoms with E-state index in [-0.39, 0.29) is 18.5 Å². The summed E-state index contributed by atoms with van der Waals surface area (Å²) in [6.45, 7) is 1.24. The number of nitrogens with zero attached hydrogens (tertiary/aromatic N) is 3. The van der Waals surface area contributed by atoms with E-state index in [0.29, 0.717) is 38.6 Å². The van der Waals surface area contributed by atoms with Crippen molar-refractivity contribution in [2.75, 3.05) is 39.8 Å². The lowest BCUT2D eigenvalue weighted by molar-refractivity contribution is -0.143. The number of hydrogen-bond donors (Lipinski definition) is 2. The predicted octanol–water partition coefficient (Wildman–Crippen LogP) is 1.43. The number of carbonyl (C=O) groups excluding carboxylic acids is 1. The van der Waals surface area contributed by atoms with Crippen LogP contribution in [0, 0.1) is 0 Å². The summed E-state index contributed by atoms with van der Waals surface area (Å²) in [5.74, 6) is 0.426. The minimum atomic E-state index is -4.18. The fourth-order valence-corrected chi connectivity index (χ4v) is 4.36. The van der Waals surface area contributed by atoms with E-state index >= 15 is 0 Å². The Bertz CT molecular complexity index is 690. The molecule has 2 aliphatic heterocycles. The van der Waals surface area contributed by atoms with Crippen LogP contribution in [0.4, 0.5) is 13.2 Å². The van der Waals surface area contributed by atoms with Crippen LogP contribution in [0.15, 0.2) is 16.4 Å². The molecule has 1 amide bonds. The molecule has 0 radical (unpaired) electrons. The van der Waals surface area contributed by atoms with E-state index in [0.717, 1.165) is 6.42 Å². The molecule has 0 bridgehead atoms. The first kappa shape index (κ1) is 19.9. The number of aliphatic imine (C=N–C) groups is 1. The molecule has 150 valence electrons. The number of guanidine groups is 1. The number of hydrogen-bond acceptors (Lipinski definition) is 4. The van der Waals surface area contributed by atoms with Gasteiger partial charge in [0.25, 0.3) is 0 Å². The summed E-state index contributed by atoms with van der Waals surface area (Å²) in [5, 5.41) is 8.14. The third-order valence-corrected chi connectivity index (χ3v) is 5.83. The summed E-state index contributed by atoms with van der Waals surface area (Å²) in [5.41, 5.74) is 1.21.